The van der Waals surface area contributed by atoms with E-state index in [4.69, 9.17) is 14.2 Å². The molecule has 30 heavy (non-hydrogen) atoms. The van der Waals surface area contributed by atoms with Crippen molar-refractivity contribution in [2.24, 2.45) is 0 Å². The number of carboxylic acids is 1. The zero-order valence-corrected chi connectivity index (χ0v) is 18.2. The van der Waals surface area contributed by atoms with Crippen LogP contribution in [0, 0.1) is 0 Å². The summed E-state index contributed by atoms with van der Waals surface area (Å²) < 4.78 is 17.1. The molecule has 0 bridgehead atoms. The van der Waals surface area contributed by atoms with Crippen LogP contribution in [0.1, 0.15) is 18.9 Å². The van der Waals surface area contributed by atoms with Crippen molar-refractivity contribution in [2.45, 2.75) is 25.9 Å². The molecule has 1 unspecified atom stereocenters. The van der Waals surface area contributed by atoms with Crippen LogP contribution >= 0.6 is 22.7 Å². The molecule has 1 N–H and O–H groups in total. The quantitative estimate of drug-likeness (QED) is 0.413. The lowest BCUT2D eigenvalue weighted by Gasteiger charge is -2.27. The molecule has 3 aromatic rings. The van der Waals surface area contributed by atoms with Gasteiger partial charge in [-0.3, -0.25) is 0 Å². The van der Waals surface area contributed by atoms with Crippen LogP contribution in [0.4, 0.5) is 10.0 Å². The summed E-state index contributed by atoms with van der Waals surface area (Å²) in [6.07, 6.45) is 0.383. The average Bonchev–Trinajstić information content (AvgIpc) is 3.40. The second-order valence-corrected chi connectivity index (χ2v) is 8.56. The molecule has 0 saturated heterocycles. The van der Waals surface area contributed by atoms with Crippen LogP contribution in [0.25, 0.3) is 0 Å². The van der Waals surface area contributed by atoms with E-state index in [1.165, 1.54) is 0 Å². The van der Waals surface area contributed by atoms with Crippen LogP contribution < -0.4 is 14.4 Å². The molecular formula is C22H23NO5S2. The Morgan fingerprint density at radius 3 is 2.37 bits per heavy atom. The van der Waals surface area contributed by atoms with Crippen LogP contribution in [0.3, 0.4) is 0 Å². The maximum absolute atomic E-state index is 11.2. The van der Waals surface area contributed by atoms with Crippen LogP contribution in [0.5, 0.6) is 17.2 Å². The predicted molar refractivity (Wildman–Crippen MR) is 119 cm³/mol. The molecule has 0 spiro atoms. The zero-order valence-electron chi connectivity index (χ0n) is 16.6. The number of anilines is 2. The fourth-order valence-electron chi connectivity index (χ4n) is 3.31. The topological polar surface area (TPSA) is 68.2 Å². The Hall–Kier alpha value is -2.55. The monoisotopic (exact) mass is 445 g/mol. The normalized spacial score (nSPS) is 13.3. The van der Waals surface area contributed by atoms with E-state index in [0.717, 1.165) is 45.8 Å². The molecule has 8 heteroatoms. The lowest BCUT2D eigenvalue weighted by Crippen LogP contribution is -2.26. The lowest BCUT2D eigenvalue weighted by atomic mass is 10.1. The fourth-order valence-corrected chi connectivity index (χ4v) is 5.08. The third kappa shape index (κ3) is 4.61. The number of nitrogens with zero attached hydrogens (tertiary/aromatic N) is 1. The number of carbonyl (C=O) groups is 1. The number of hydrogen-bond donors (Lipinski definition) is 1. The molecule has 3 heterocycles. The Morgan fingerprint density at radius 1 is 1.10 bits per heavy atom. The Labute approximate surface area is 183 Å². The van der Waals surface area contributed by atoms with Gasteiger partial charge in [0.15, 0.2) is 17.6 Å². The van der Waals surface area contributed by atoms with Gasteiger partial charge in [0.2, 0.25) is 0 Å². The van der Waals surface area contributed by atoms with Crippen molar-refractivity contribution >= 4 is 38.6 Å². The van der Waals surface area contributed by atoms with Crippen LogP contribution in [0.2, 0.25) is 0 Å². The number of benzene rings is 1. The van der Waals surface area contributed by atoms with Crippen LogP contribution in [-0.2, 0) is 16.0 Å². The van der Waals surface area contributed by atoms with E-state index >= 15 is 0 Å². The second-order valence-electron chi connectivity index (χ2n) is 6.77. The first-order chi connectivity index (χ1) is 14.7. The number of ether oxygens (including phenoxy) is 3. The highest BCUT2D eigenvalue weighted by Crippen LogP contribution is 2.51. The minimum absolute atomic E-state index is 0.340. The summed E-state index contributed by atoms with van der Waals surface area (Å²) >= 11 is 3.36. The van der Waals surface area contributed by atoms with Gasteiger partial charge in [0, 0.05) is 19.6 Å². The fraction of sp³-hybridized carbons (Fsp3) is 0.318. The van der Waals surface area contributed by atoms with Gasteiger partial charge in [-0.1, -0.05) is 12.1 Å². The van der Waals surface area contributed by atoms with Crippen molar-refractivity contribution in [1.82, 2.24) is 0 Å². The van der Waals surface area contributed by atoms with E-state index in [1.807, 2.05) is 47.2 Å². The Bertz CT molecular complexity index is 941. The Balaban J connectivity index is 1.29. The van der Waals surface area contributed by atoms with Gasteiger partial charge in [0.1, 0.15) is 15.8 Å². The summed E-state index contributed by atoms with van der Waals surface area (Å²) in [6.45, 7) is 3.61. The highest BCUT2D eigenvalue weighted by Gasteiger charge is 2.26. The molecular weight excluding hydrogens is 422 g/mol. The van der Waals surface area contributed by atoms with E-state index in [0.29, 0.717) is 19.6 Å². The minimum Gasteiger partial charge on any atom is -0.494 e. The van der Waals surface area contributed by atoms with E-state index in [2.05, 4.69) is 4.90 Å². The highest BCUT2D eigenvalue weighted by molar-refractivity contribution is 7.17. The van der Waals surface area contributed by atoms with Crippen molar-refractivity contribution in [3.05, 3.63) is 52.7 Å². The summed E-state index contributed by atoms with van der Waals surface area (Å²) in [4.78, 5) is 13.5. The number of rotatable bonds is 10. The van der Waals surface area contributed by atoms with Gasteiger partial charge in [-0.2, -0.15) is 0 Å². The van der Waals surface area contributed by atoms with E-state index in [-0.39, 0.29) is 0 Å². The van der Waals surface area contributed by atoms with E-state index in [9.17, 15) is 9.90 Å². The maximum Gasteiger partial charge on any atom is 0.333 e. The molecule has 1 aliphatic heterocycles. The molecule has 0 amide bonds. The average molecular weight is 446 g/mol. The van der Waals surface area contributed by atoms with E-state index < -0.39 is 12.1 Å². The van der Waals surface area contributed by atoms with Gasteiger partial charge in [0.25, 0.3) is 0 Å². The van der Waals surface area contributed by atoms with Crippen LogP contribution in [0.15, 0.2) is 47.2 Å². The largest absolute Gasteiger partial charge is 0.494 e. The number of aliphatic carboxylic acids is 1. The Morgan fingerprint density at radius 2 is 1.77 bits per heavy atom. The number of hydrogen-bond acceptors (Lipinski definition) is 7. The third-order valence-electron chi connectivity index (χ3n) is 4.71. The van der Waals surface area contributed by atoms with Crippen molar-refractivity contribution in [3.8, 4) is 17.2 Å². The van der Waals surface area contributed by atoms with Gasteiger partial charge in [0.05, 0.1) is 6.61 Å². The summed E-state index contributed by atoms with van der Waals surface area (Å²) in [5.74, 6) is 1.66. The molecule has 0 radical (unpaired) electrons. The van der Waals surface area contributed by atoms with E-state index in [1.54, 1.807) is 29.6 Å². The predicted octanol–water partition coefficient (Wildman–Crippen LogP) is 5.55. The standard InChI is InChI=1S/C22H23NO5S2/c1-2-26-19(22(24)25)14-15-4-6-16(7-5-15)27-11-3-10-23-20-17(8-12-29-20)28-18-9-13-30-21(18)23/h4-9,12-13,19H,2-3,10-11,14H2,1H3,(H,24,25). The van der Waals surface area contributed by atoms with Gasteiger partial charge in [-0.05, 0) is 53.9 Å². The smallest absolute Gasteiger partial charge is 0.333 e. The molecule has 1 atom stereocenters. The molecule has 2 aromatic heterocycles. The highest BCUT2D eigenvalue weighted by atomic mass is 32.1. The second kappa shape index (κ2) is 9.51. The third-order valence-corrected chi connectivity index (χ3v) is 6.55. The summed E-state index contributed by atoms with van der Waals surface area (Å²) in [5.41, 5.74) is 0.909. The van der Waals surface area contributed by atoms with Crippen molar-refractivity contribution in [1.29, 1.82) is 0 Å². The number of thiophene rings is 2. The van der Waals surface area contributed by atoms with Crippen molar-refractivity contribution in [3.63, 3.8) is 0 Å². The van der Waals surface area contributed by atoms with Crippen molar-refractivity contribution in [2.75, 3.05) is 24.7 Å². The molecule has 4 rings (SSSR count). The van der Waals surface area contributed by atoms with Crippen LogP contribution in [-0.4, -0.2) is 36.9 Å². The summed E-state index contributed by atoms with van der Waals surface area (Å²) in [7, 11) is 0. The maximum atomic E-state index is 11.2. The molecule has 1 aliphatic rings. The lowest BCUT2D eigenvalue weighted by molar-refractivity contribution is -0.149. The van der Waals surface area contributed by atoms with Gasteiger partial charge >= 0.3 is 5.97 Å². The number of carboxylic acid groups (broad SMARTS) is 1. The number of fused-ring (bicyclic) bond motifs is 2. The summed E-state index contributed by atoms with van der Waals surface area (Å²) in [6, 6.07) is 11.6. The molecule has 6 nitrogen and oxygen atoms in total. The first-order valence-corrected chi connectivity index (χ1v) is 11.6. The SMILES string of the molecule is CCOC(Cc1ccc(OCCCN2c3sccc3Oc3ccsc32)cc1)C(=O)O. The summed E-state index contributed by atoms with van der Waals surface area (Å²) in [5, 5.41) is 15.6. The minimum atomic E-state index is -0.942. The van der Waals surface area contributed by atoms with Gasteiger partial charge < -0.3 is 24.2 Å². The van der Waals surface area contributed by atoms with Gasteiger partial charge in [-0.15, -0.1) is 22.7 Å². The molecule has 0 saturated carbocycles. The first-order valence-electron chi connectivity index (χ1n) is 9.82. The van der Waals surface area contributed by atoms with Crippen molar-refractivity contribution < 1.29 is 24.1 Å². The molecule has 1 aromatic carbocycles. The van der Waals surface area contributed by atoms with Gasteiger partial charge in [-0.25, -0.2) is 4.79 Å². The first kappa shape index (κ1) is 20.7. The molecule has 0 aliphatic carbocycles. The molecule has 158 valence electrons. The Kier molecular flexibility index (Phi) is 6.56. The zero-order chi connectivity index (χ0) is 20.9. The molecule has 0 fully saturated rings.